The van der Waals surface area contributed by atoms with Crippen molar-refractivity contribution in [3.05, 3.63) is 221 Å². The van der Waals surface area contributed by atoms with Crippen molar-refractivity contribution in [2.75, 3.05) is 0 Å². The standard InChI is InChI=1S/C66H50O22/c1-4-45(2)66(87)88-44-24-65(86)64(23-43-85)63(22-42-84)62(21-41-83)61(20-40-82)60(19-39-81)59(18-38-80)58(17-37-79)57(16-36-78)56(15-35-77)55(14-34-76)54(13-33-75)53(12-32-74)52(11-31-73)51(10-30-72)50(9-29-71)49(8-28-70)48(7-27-69)47(6-26-68)46(3)5-25-67/h5-23,25-43,45H,4H2,1-3H3. The molecular weight excluding hydrogens is 1140 g/mol. The summed E-state index contributed by atoms with van der Waals surface area (Å²) in [6, 6.07) is 0. The molecule has 22 nitrogen and oxygen atoms in total. The number of ketones is 1. The molecule has 446 valence electrons. The minimum Gasteiger partial charge on any atom is -0.371 e. The third-order valence-corrected chi connectivity index (χ3v) is 11.5. The second-order valence-corrected chi connectivity index (χ2v) is 16.2. The molecule has 1 atom stereocenters. The molecule has 0 aliphatic rings. The molecule has 0 aromatic heterocycles. The first kappa shape index (κ1) is 75.5. The smallest absolute Gasteiger partial charge is 0.322 e. The summed E-state index contributed by atoms with van der Waals surface area (Å²) < 4.78 is 4.80. The van der Waals surface area contributed by atoms with E-state index in [1.807, 2.05) is 12.0 Å². The van der Waals surface area contributed by atoms with Crippen molar-refractivity contribution >= 4 is 131 Å². The van der Waals surface area contributed by atoms with Crippen molar-refractivity contribution in [1.29, 1.82) is 0 Å². The molecule has 1 unspecified atom stereocenters. The van der Waals surface area contributed by atoms with Crippen molar-refractivity contribution in [3.63, 3.8) is 0 Å². The van der Waals surface area contributed by atoms with Crippen molar-refractivity contribution in [1.82, 2.24) is 0 Å². The average molecular weight is 1200 g/mol. The van der Waals surface area contributed by atoms with Crippen LogP contribution in [0.5, 0.6) is 0 Å². The summed E-state index contributed by atoms with van der Waals surface area (Å²) in [7, 11) is 0. The van der Waals surface area contributed by atoms with Crippen LogP contribution in [-0.4, -0.2) is 131 Å². The molecule has 0 bridgehead atoms. The lowest BCUT2D eigenvalue weighted by atomic mass is 9.75. The Hall–Kier alpha value is -12.5. The zero-order valence-corrected chi connectivity index (χ0v) is 46.7. The van der Waals surface area contributed by atoms with Gasteiger partial charge in [0.05, 0.1) is 5.92 Å². The summed E-state index contributed by atoms with van der Waals surface area (Å²) in [5, 5.41) is 0. The number of esters is 1. The Kier molecular flexibility index (Phi) is 37.8. The lowest BCUT2D eigenvalue weighted by Gasteiger charge is -2.26. The second-order valence-electron chi connectivity index (χ2n) is 16.2. The van der Waals surface area contributed by atoms with Gasteiger partial charge in [-0.2, -0.15) is 0 Å². The van der Waals surface area contributed by atoms with Gasteiger partial charge in [0.25, 0.3) is 0 Å². The Bertz CT molecular complexity index is 3600. The van der Waals surface area contributed by atoms with Crippen LogP contribution in [0.25, 0.3) is 0 Å². The van der Waals surface area contributed by atoms with Gasteiger partial charge in [-0.15, -0.1) is 0 Å². The first-order valence-electron chi connectivity index (χ1n) is 24.8. The minimum absolute atomic E-state index is 0.00380. The molecule has 0 amide bonds. The van der Waals surface area contributed by atoms with E-state index < -0.39 is 112 Å². The van der Waals surface area contributed by atoms with E-state index in [9.17, 15) is 101 Å². The van der Waals surface area contributed by atoms with Crippen molar-refractivity contribution in [2.24, 2.45) is 5.92 Å². The van der Waals surface area contributed by atoms with E-state index in [4.69, 9.17) is 4.74 Å². The number of aldehydes is 19. The maximum absolute atomic E-state index is 13.7. The fourth-order valence-corrected chi connectivity index (χ4v) is 7.79. The molecule has 0 rings (SSSR count). The third-order valence-electron chi connectivity index (χ3n) is 11.5. The van der Waals surface area contributed by atoms with E-state index in [2.05, 4.69) is 0 Å². The van der Waals surface area contributed by atoms with Crippen LogP contribution in [0, 0.1) is 17.9 Å². The van der Waals surface area contributed by atoms with Gasteiger partial charge in [-0.1, -0.05) is 13.8 Å². The average Bonchev–Trinajstić information content (AvgIpc) is 1.99. The zero-order valence-electron chi connectivity index (χ0n) is 46.7. The molecule has 0 aliphatic carbocycles. The highest BCUT2D eigenvalue weighted by atomic mass is 16.5. The maximum Gasteiger partial charge on any atom is 0.322 e. The SMILES string of the molecule is CCC(C)C(=O)OC#CC(=O)C(=CC=O)C(=CC=O)C(=CC=O)C(=CC=O)C(=CC=O)C(=CC=O)C(=CC=O)C(=CC=O)C(=CC=O)C(=CC=O)C(=CC=O)C(=CC=O)C(=CC=O)C(=CC=O)C(=CC=O)C(=CC=O)C(=CC=O)C(=CC=O)C(C)=CC=O. The van der Waals surface area contributed by atoms with Gasteiger partial charge in [-0.3, -0.25) is 101 Å². The molecule has 0 aromatic rings. The van der Waals surface area contributed by atoms with Gasteiger partial charge in [-0.05, 0) is 229 Å². The molecule has 22 heteroatoms. The quantitative estimate of drug-likeness (QED) is 0.0278. The van der Waals surface area contributed by atoms with Gasteiger partial charge < -0.3 is 4.74 Å². The molecule has 0 heterocycles. The van der Waals surface area contributed by atoms with Crippen molar-refractivity contribution < 1.29 is 105 Å². The highest BCUT2D eigenvalue weighted by molar-refractivity contribution is 6.15. The Labute approximate surface area is 501 Å². The maximum atomic E-state index is 13.7. The highest BCUT2D eigenvalue weighted by Gasteiger charge is 2.31. The topological polar surface area (TPSA) is 368 Å². The van der Waals surface area contributed by atoms with Gasteiger partial charge in [0.2, 0.25) is 5.78 Å². The van der Waals surface area contributed by atoms with Crippen LogP contribution in [0.4, 0.5) is 0 Å². The summed E-state index contributed by atoms with van der Waals surface area (Å²) in [5.41, 5.74) is -12.4. The molecule has 0 fully saturated rings. The predicted molar refractivity (Wildman–Crippen MR) is 313 cm³/mol. The fraction of sp³-hybridized carbons (Fsp3) is 0.0758. The fourth-order valence-electron chi connectivity index (χ4n) is 7.79. The summed E-state index contributed by atoms with van der Waals surface area (Å²) in [6.45, 7) is 4.39. The molecular formula is C66H50O22. The van der Waals surface area contributed by atoms with Crippen LogP contribution >= 0.6 is 0 Å². The largest absolute Gasteiger partial charge is 0.371 e. The van der Waals surface area contributed by atoms with E-state index in [0.717, 1.165) is 18.2 Å². The number of hydrogen-bond acceptors (Lipinski definition) is 22. The zero-order chi connectivity index (χ0) is 66.4. The van der Waals surface area contributed by atoms with Gasteiger partial charge in [-0.25, -0.2) is 0 Å². The Balaban J connectivity index is 9.69. The number of allylic oxidation sites excluding steroid dienone is 38. The summed E-state index contributed by atoms with van der Waals surface area (Å²) in [4.78, 5) is 265. The van der Waals surface area contributed by atoms with Crippen molar-refractivity contribution in [2.45, 2.75) is 27.2 Å². The Morgan fingerprint density at radius 3 is 0.614 bits per heavy atom. The molecule has 0 aliphatic heterocycles. The van der Waals surface area contributed by atoms with Gasteiger partial charge >= 0.3 is 5.97 Å². The van der Waals surface area contributed by atoms with Gasteiger partial charge in [0.15, 0.2) is 0 Å². The third kappa shape index (κ3) is 22.0. The number of carbonyl (C=O) groups is 21. The van der Waals surface area contributed by atoms with Crippen LogP contribution in [-0.2, 0) is 105 Å². The predicted octanol–water partition coefficient (Wildman–Crippen LogP) is 3.51. The molecule has 0 aromatic carbocycles. The molecule has 0 saturated carbocycles. The van der Waals surface area contributed by atoms with E-state index in [-0.39, 0.29) is 137 Å². The lowest BCUT2D eigenvalue weighted by molar-refractivity contribution is -0.141. The van der Waals surface area contributed by atoms with Crippen LogP contribution in [0.15, 0.2) is 221 Å². The van der Waals surface area contributed by atoms with Gasteiger partial charge in [0.1, 0.15) is 126 Å². The number of Topliss-reactive ketones (excluding diaryl/α,β-unsaturated/α-hetero) is 1. The molecule has 88 heavy (non-hydrogen) atoms. The number of hydrogen-bond donors (Lipinski definition) is 0. The molecule has 0 N–H and O–H groups in total. The highest BCUT2D eigenvalue weighted by Crippen LogP contribution is 2.44. The van der Waals surface area contributed by atoms with Crippen molar-refractivity contribution in [3.8, 4) is 12.0 Å². The first-order valence-corrected chi connectivity index (χ1v) is 24.8. The lowest BCUT2D eigenvalue weighted by Crippen LogP contribution is -2.14. The number of ether oxygens (including phenoxy) is 1. The van der Waals surface area contributed by atoms with Crippen LogP contribution in [0.1, 0.15) is 27.2 Å². The summed E-state index contributed by atoms with van der Waals surface area (Å²) in [6.07, 6.45) is 14.9. The molecule has 0 saturated heterocycles. The number of rotatable bonds is 40. The normalized spacial score (nSPS) is 14.9. The second kappa shape index (κ2) is 44.1. The van der Waals surface area contributed by atoms with E-state index in [1.165, 1.54) is 13.8 Å². The Morgan fingerprint density at radius 2 is 0.432 bits per heavy atom. The summed E-state index contributed by atoms with van der Waals surface area (Å²) in [5.74, 6) is -1.02. The minimum atomic E-state index is -1.38. The monoisotopic (exact) mass is 1190 g/mol. The van der Waals surface area contributed by atoms with Crippen LogP contribution < -0.4 is 0 Å². The summed E-state index contributed by atoms with van der Waals surface area (Å²) >= 11 is 0. The number of carbonyl (C=O) groups excluding carboxylic acids is 21. The van der Waals surface area contributed by atoms with Crippen LogP contribution in [0.2, 0.25) is 0 Å². The van der Waals surface area contributed by atoms with Crippen LogP contribution in [0.3, 0.4) is 0 Å². The van der Waals surface area contributed by atoms with E-state index in [1.54, 1.807) is 6.92 Å². The van der Waals surface area contributed by atoms with Gasteiger partial charge in [0, 0.05) is 11.5 Å². The van der Waals surface area contributed by atoms with E-state index >= 15 is 0 Å². The molecule has 0 spiro atoms. The first-order chi connectivity index (χ1) is 42.6. The molecule has 0 radical (unpaired) electrons. The van der Waals surface area contributed by atoms with E-state index in [0.29, 0.717) is 97.2 Å². The Morgan fingerprint density at radius 1 is 0.273 bits per heavy atom.